The molecule has 0 aromatic rings. The highest BCUT2D eigenvalue weighted by Crippen LogP contribution is 2.06. The molecule has 10 nitrogen and oxygen atoms in total. The zero-order chi connectivity index (χ0) is 31.3. The molecule has 0 bridgehead atoms. The maximum atomic E-state index is 12.4. The van der Waals surface area contributed by atoms with Crippen molar-refractivity contribution in [3.63, 3.8) is 0 Å². The molecule has 0 spiro atoms. The van der Waals surface area contributed by atoms with E-state index < -0.39 is 0 Å². The van der Waals surface area contributed by atoms with E-state index in [2.05, 4.69) is 35.1 Å². The van der Waals surface area contributed by atoms with E-state index in [-0.39, 0.29) is 60.6 Å². The average molecular weight is 591 g/mol. The van der Waals surface area contributed by atoms with Gasteiger partial charge in [0.25, 0.3) is 6.47 Å². The third-order valence-corrected chi connectivity index (χ3v) is 6.04. The Kier molecular flexibility index (Phi) is 31.6. The van der Waals surface area contributed by atoms with Crippen LogP contribution in [0.15, 0.2) is 0 Å². The summed E-state index contributed by atoms with van der Waals surface area (Å²) in [5.74, 6) is 0.875. The van der Waals surface area contributed by atoms with Crippen molar-refractivity contribution >= 4 is 41.7 Å². The van der Waals surface area contributed by atoms with Gasteiger partial charge in [-0.15, -0.1) is 0 Å². The number of ketones is 1. The molecule has 0 saturated heterocycles. The summed E-state index contributed by atoms with van der Waals surface area (Å²) < 4.78 is 0. The van der Waals surface area contributed by atoms with E-state index in [1.807, 2.05) is 40.9 Å². The molecule has 0 fully saturated rings. The predicted octanol–water partition coefficient (Wildman–Crippen LogP) is 3.92. The van der Waals surface area contributed by atoms with Crippen molar-refractivity contribution in [2.45, 2.75) is 124 Å². The third kappa shape index (κ3) is 30.4. The van der Waals surface area contributed by atoms with Crippen LogP contribution in [0.1, 0.15) is 106 Å². The zero-order valence-corrected chi connectivity index (χ0v) is 27.1. The third-order valence-electron chi connectivity index (χ3n) is 5.40. The van der Waals surface area contributed by atoms with Gasteiger partial charge in [0.1, 0.15) is 5.78 Å². The lowest BCUT2D eigenvalue weighted by Crippen LogP contribution is -2.50. The maximum absolute atomic E-state index is 12.4. The van der Waals surface area contributed by atoms with Crippen LogP contribution in [-0.4, -0.2) is 78.3 Å². The number of rotatable bonds is 20. The molecular formula is C29H58N4O6S. The second kappa shape index (κ2) is 29.8. The Labute approximate surface area is 247 Å². The van der Waals surface area contributed by atoms with Gasteiger partial charge in [0.15, 0.2) is 0 Å². The molecule has 11 heteroatoms. The number of carbonyl (C=O) groups is 5. The Bertz CT molecular complexity index is 677. The van der Waals surface area contributed by atoms with E-state index in [1.165, 1.54) is 6.42 Å². The fraction of sp³-hybridized carbons (Fsp3) is 0.828. The SMILES string of the molecule is CCC.CSCCC(NC(C)C)C(=O)NCC(=O)NC(C)CCCCNC(=O)CCCCC(=O)C(C)C.O=CO. The standard InChI is InChI=1S/C25H48N4O4S.C3H8.CH2O2/c1-18(2)22(30)12-7-8-13-23(31)26-15-10-9-11-20(5)29-24(32)17-27-25(33)21(14-16-34-6)28-19(3)4;1-3-2;2-1-3/h18-21,28H,7-17H2,1-6H3,(H,26,31)(H,27,33)(H,29,32);3H2,1-2H3;1H,(H,2,3). The minimum Gasteiger partial charge on any atom is -0.483 e. The molecule has 0 heterocycles. The molecule has 2 unspecified atom stereocenters. The number of hydrogen-bond donors (Lipinski definition) is 5. The number of carbonyl (C=O) groups excluding carboxylic acids is 4. The predicted molar refractivity (Wildman–Crippen MR) is 166 cm³/mol. The van der Waals surface area contributed by atoms with Crippen molar-refractivity contribution < 1.29 is 29.1 Å². The number of carboxylic acid groups (broad SMARTS) is 1. The summed E-state index contributed by atoms with van der Waals surface area (Å²) in [6.45, 7) is 14.3. The summed E-state index contributed by atoms with van der Waals surface area (Å²) in [7, 11) is 0. The van der Waals surface area contributed by atoms with Crippen LogP contribution in [0.5, 0.6) is 0 Å². The summed E-state index contributed by atoms with van der Waals surface area (Å²) >= 11 is 1.69. The van der Waals surface area contributed by atoms with Gasteiger partial charge in [-0.2, -0.15) is 11.8 Å². The average Bonchev–Trinajstić information content (AvgIpc) is 2.87. The van der Waals surface area contributed by atoms with Crippen molar-refractivity contribution in [3.05, 3.63) is 0 Å². The van der Waals surface area contributed by atoms with Gasteiger partial charge in [0.05, 0.1) is 12.6 Å². The van der Waals surface area contributed by atoms with Crippen molar-refractivity contribution in [3.8, 4) is 0 Å². The van der Waals surface area contributed by atoms with Crippen LogP contribution in [0.3, 0.4) is 0 Å². The Morgan fingerprint density at radius 2 is 1.43 bits per heavy atom. The van der Waals surface area contributed by atoms with Crippen LogP contribution >= 0.6 is 11.8 Å². The lowest BCUT2D eigenvalue weighted by Gasteiger charge is -2.21. The van der Waals surface area contributed by atoms with Crippen molar-refractivity contribution in [1.82, 2.24) is 21.3 Å². The molecular weight excluding hydrogens is 532 g/mol. The molecule has 0 radical (unpaired) electrons. The summed E-state index contributed by atoms with van der Waals surface area (Å²) in [5.41, 5.74) is 0. The molecule has 236 valence electrons. The Morgan fingerprint density at radius 1 is 0.850 bits per heavy atom. The van der Waals surface area contributed by atoms with Crippen molar-refractivity contribution in [2.75, 3.05) is 25.1 Å². The van der Waals surface area contributed by atoms with Gasteiger partial charge < -0.3 is 26.4 Å². The van der Waals surface area contributed by atoms with E-state index in [4.69, 9.17) is 9.90 Å². The zero-order valence-electron chi connectivity index (χ0n) is 26.3. The molecule has 0 aliphatic carbocycles. The highest BCUT2D eigenvalue weighted by molar-refractivity contribution is 7.98. The van der Waals surface area contributed by atoms with Gasteiger partial charge in [-0.1, -0.05) is 48.0 Å². The minimum absolute atomic E-state index is 0.000301. The quantitative estimate of drug-likeness (QED) is 0.106. The number of hydrogen-bond acceptors (Lipinski definition) is 7. The van der Waals surface area contributed by atoms with E-state index in [0.29, 0.717) is 19.4 Å². The van der Waals surface area contributed by atoms with E-state index in [9.17, 15) is 19.2 Å². The summed E-state index contributed by atoms with van der Waals surface area (Å²) in [6.07, 6.45) is 8.99. The lowest BCUT2D eigenvalue weighted by molar-refractivity contribution is -0.127. The Balaban J connectivity index is -0.00000207. The Hall–Kier alpha value is -2.14. The van der Waals surface area contributed by atoms with E-state index in [0.717, 1.165) is 44.3 Å². The van der Waals surface area contributed by atoms with Gasteiger partial charge in [0, 0.05) is 37.4 Å². The van der Waals surface area contributed by atoms with Crippen LogP contribution < -0.4 is 21.3 Å². The topological polar surface area (TPSA) is 154 Å². The van der Waals surface area contributed by atoms with Crippen LogP contribution in [-0.2, 0) is 24.0 Å². The van der Waals surface area contributed by atoms with Crippen LogP contribution in [0.2, 0.25) is 0 Å². The molecule has 5 N–H and O–H groups in total. The largest absolute Gasteiger partial charge is 0.483 e. The van der Waals surface area contributed by atoms with Crippen molar-refractivity contribution in [1.29, 1.82) is 0 Å². The van der Waals surface area contributed by atoms with E-state index >= 15 is 0 Å². The molecule has 0 aliphatic heterocycles. The smallest absolute Gasteiger partial charge is 0.290 e. The first kappa shape index (κ1) is 42.3. The molecule has 3 amide bonds. The molecule has 0 aliphatic rings. The molecule has 0 aromatic heterocycles. The number of amides is 3. The monoisotopic (exact) mass is 590 g/mol. The van der Waals surface area contributed by atoms with Crippen LogP contribution in [0.25, 0.3) is 0 Å². The summed E-state index contributed by atoms with van der Waals surface area (Å²) in [5, 5.41) is 18.7. The fourth-order valence-corrected chi connectivity index (χ4v) is 3.85. The summed E-state index contributed by atoms with van der Waals surface area (Å²) in [6, 6.07) is -0.105. The maximum Gasteiger partial charge on any atom is 0.290 e. The molecule has 2 atom stereocenters. The minimum atomic E-state index is -0.296. The van der Waals surface area contributed by atoms with Gasteiger partial charge in [0.2, 0.25) is 17.7 Å². The number of Topliss-reactive ketones (excluding diaryl/α,β-unsaturated/α-hetero) is 1. The number of unbranched alkanes of at least 4 members (excludes halogenated alkanes) is 2. The summed E-state index contributed by atoms with van der Waals surface area (Å²) in [4.78, 5) is 56.4. The highest BCUT2D eigenvalue weighted by atomic mass is 32.2. The van der Waals surface area contributed by atoms with E-state index in [1.54, 1.807) is 11.8 Å². The normalized spacial score (nSPS) is 11.8. The molecule has 0 aromatic carbocycles. The highest BCUT2D eigenvalue weighted by Gasteiger charge is 2.19. The van der Waals surface area contributed by atoms with Crippen LogP contribution in [0, 0.1) is 5.92 Å². The van der Waals surface area contributed by atoms with Gasteiger partial charge in [-0.25, -0.2) is 0 Å². The van der Waals surface area contributed by atoms with Gasteiger partial charge in [-0.3, -0.25) is 24.0 Å². The Morgan fingerprint density at radius 3 is 1.95 bits per heavy atom. The second-order valence-corrected chi connectivity index (χ2v) is 11.3. The number of thioether (sulfide) groups is 1. The van der Waals surface area contributed by atoms with Crippen LogP contribution in [0.4, 0.5) is 0 Å². The molecule has 0 saturated carbocycles. The van der Waals surface area contributed by atoms with Crippen molar-refractivity contribution in [2.24, 2.45) is 5.92 Å². The van der Waals surface area contributed by atoms with Gasteiger partial charge in [-0.05, 0) is 57.5 Å². The first-order valence-corrected chi connectivity index (χ1v) is 16.0. The first-order chi connectivity index (χ1) is 18.9. The van der Waals surface area contributed by atoms with Gasteiger partial charge >= 0.3 is 0 Å². The molecule has 0 rings (SSSR count). The lowest BCUT2D eigenvalue weighted by atomic mass is 10.0. The molecule has 40 heavy (non-hydrogen) atoms. The number of nitrogens with one attached hydrogen (secondary N) is 4. The second-order valence-electron chi connectivity index (χ2n) is 10.3. The fourth-order valence-electron chi connectivity index (χ4n) is 3.38. The first-order valence-electron chi connectivity index (χ1n) is 14.6.